The Balaban J connectivity index is 1.63. The number of nitrogens with one attached hydrogen (secondary N) is 1. The molecule has 0 spiro atoms. The summed E-state index contributed by atoms with van der Waals surface area (Å²) in [5.41, 5.74) is 15.9. The number of H-pyrrole nitrogens is 1. The van der Waals surface area contributed by atoms with E-state index in [1.54, 1.807) is 13.2 Å². The SMILES string of the molecule is COc1ccccc1-c1cc(C(N)=O)c2[nH]c3cc(C(=O)N4CCC(N)CC4)ccc3c2c1. The van der Waals surface area contributed by atoms with Gasteiger partial charge in [0.15, 0.2) is 0 Å². The standard InChI is InChI=1S/C26H26N4O3/c1-33-23-5-3-2-4-18(23)16-12-20-19-7-6-15(26(32)30-10-8-17(27)9-11-30)14-22(19)29-24(20)21(13-16)25(28)31/h2-7,12-14,17,29H,8-11,27H2,1H3,(H2,28,31). The van der Waals surface area contributed by atoms with Crippen molar-refractivity contribution in [2.24, 2.45) is 11.5 Å². The molecule has 0 saturated carbocycles. The first kappa shape index (κ1) is 21.0. The van der Waals surface area contributed by atoms with Gasteiger partial charge in [0, 0.05) is 46.5 Å². The first-order valence-electron chi connectivity index (χ1n) is 11.0. The summed E-state index contributed by atoms with van der Waals surface area (Å²) in [6.45, 7) is 1.33. The van der Waals surface area contributed by atoms with Gasteiger partial charge in [-0.05, 0) is 48.7 Å². The molecule has 7 heteroatoms. The molecule has 2 amide bonds. The summed E-state index contributed by atoms with van der Waals surface area (Å²) in [4.78, 5) is 30.5. The number of benzene rings is 3. The normalized spacial score (nSPS) is 14.7. The van der Waals surface area contributed by atoms with Crippen LogP contribution in [-0.2, 0) is 0 Å². The lowest BCUT2D eigenvalue weighted by atomic mass is 9.98. The van der Waals surface area contributed by atoms with Crippen molar-refractivity contribution in [3.05, 3.63) is 65.7 Å². The Morgan fingerprint density at radius 3 is 2.52 bits per heavy atom. The van der Waals surface area contributed by atoms with E-state index in [2.05, 4.69) is 4.98 Å². The van der Waals surface area contributed by atoms with Crippen LogP contribution in [0.5, 0.6) is 5.75 Å². The van der Waals surface area contributed by atoms with Gasteiger partial charge >= 0.3 is 0 Å². The minimum atomic E-state index is -0.524. The van der Waals surface area contributed by atoms with Gasteiger partial charge < -0.3 is 26.1 Å². The van der Waals surface area contributed by atoms with Gasteiger partial charge in [-0.3, -0.25) is 9.59 Å². The molecular formula is C26H26N4O3. The number of hydrogen-bond acceptors (Lipinski definition) is 4. The Morgan fingerprint density at radius 1 is 1.03 bits per heavy atom. The van der Waals surface area contributed by atoms with Gasteiger partial charge in [-0.1, -0.05) is 24.3 Å². The van der Waals surface area contributed by atoms with Crippen molar-refractivity contribution in [2.75, 3.05) is 20.2 Å². The van der Waals surface area contributed by atoms with Gasteiger partial charge in [-0.15, -0.1) is 0 Å². The number of methoxy groups -OCH3 is 1. The van der Waals surface area contributed by atoms with Gasteiger partial charge in [0.25, 0.3) is 11.8 Å². The molecule has 1 fully saturated rings. The number of piperidine rings is 1. The summed E-state index contributed by atoms with van der Waals surface area (Å²) < 4.78 is 5.51. The van der Waals surface area contributed by atoms with E-state index in [1.807, 2.05) is 53.4 Å². The third kappa shape index (κ3) is 3.70. The number of ether oxygens (including phenoxy) is 1. The minimum absolute atomic E-state index is 0.00714. The van der Waals surface area contributed by atoms with E-state index in [1.165, 1.54) is 0 Å². The molecule has 0 atom stereocenters. The molecule has 0 unspecified atom stereocenters. The number of hydrogen-bond donors (Lipinski definition) is 3. The lowest BCUT2D eigenvalue weighted by Crippen LogP contribution is -2.42. The molecule has 2 heterocycles. The second-order valence-corrected chi connectivity index (χ2v) is 8.53. The Hall–Kier alpha value is -3.84. The van der Waals surface area contributed by atoms with Crippen molar-refractivity contribution in [1.29, 1.82) is 0 Å². The molecule has 0 radical (unpaired) electrons. The quantitative estimate of drug-likeness (QED) is 0.447. The van der Waals surface area contributed by atoms with Gasteiger partial charge in [0.05, 0.1) is 18.2 Å². The lowest BCUT2D eigenvalue weighted by molar-refractivity contribution is 0.0714. The van der Waals surface area contributed by atoms with Crippen LogP contribution in [0.1, 0.15) is 33.6 Å². The van der Waals surface area contributed by atoms with Gasteiger partial charge in [0.1, 0.15) is 5.75 Å². The van der Waals surface area contributed by atoms with Crippen LogP contribution < -0.4 is 16.2 Å². The largest absolute Gasteiger partial charge is 0.496 e. The Kier molecular flexibility index (Phi) is 5.26. The van der Waals surface area contributed by atoms with Crippen molar-refractivity contribution in [2.45, 2.75) is 18.9 Å². The summed E-state index contributed by atoms with van der Waals surface area (Å²) in [5.74, 6) is 0.179. The summed E-state index contributed by atoms with van der Waals surface area (Å²) in [6.07, 6.45) is 1.63. The highest BCUT2D eigenvalue weighted by molar-refractivity contribution is 6.17. The first-order chi connectivity index (χ1) is 16.0. The second kappa shape index (κ2) is 8.26. The number of para-hydroxylation sites is 1. The zero-order valence-electron chi connectivity index (χ0n) is 18.4. The maximum Gasteiger partial charge on any atom is 0.253 e. The lowest BCUT2D eigenvalue weighted by Gasteiger charge is -2.30. The van der Waals surface area contributed by atoms with Crippen molar-refractivity contribution in [1.82, 2.24) is 9.88 Å². The summed E-state index contributed by atoms with van der Waals surface area (Å²) >= 11 is 0. The number of primary amides is 1. The smallest absolute Gasteiger partial charge is 0.253 e. The maximum absolute atomic E-state index is 13.0. The van der Waals surface area contributed by atoms with Crippen molar-refractivity contribution >= 4 is 33.6 Å². The number of amides is 2. The Morgan fingerprint density at radius 2 is 1.79 bits per heavy atom. The zero-order chi connectivity index (χ0) is 23.1. The molecule has 33 heavy (non-hydrogen) atoms. The van der Waals surface area contributed by atoms with E-state index < -0.39 is 5.91 Å². The molecule has 0 bridgehead atoms. The summed E-state index contributed by atoms with van der Waals surface area (Å²) in [5, 5.41) is 1.78. The predicted octanol–water partition coefficient (Wildman–Crippen LogP) is 3.66. The van der Waals surface area contributed by atoms with Crippen molar-refractivity contribution in [3.63, 3.8) is 0 Å². The van der Waals surface area contributed by atoms with E-state index in [-0.39, 0.29) is 11.9 Å². The van der Waals surface area contributed by atoms with Gasteiger partial charge in [-0.25, -0.2) is 0 Å². The van der Waals surface area contributed by atoms with Crippen LogP contribution in [0.2, 0.25) is 0 Å². The molecule has 1 aliphatic rings. The minimum Gasteiger partial charge on any atom is -0.496 e. The topological polar surface area (TPSA) is 114 Å². The molecule has 1 saturated heterocycles. The average molecular weight is 443 g/mol. The van der Waals surface area contributed by atoms with Gasteiger partial charge in [-0.2, -0.15) is 0 Å². The molecular weight excluding hydrogens is 416 g/mol. The van der Waals surface area contributed by atoms with Crippen LogP contribution in [0.25, 0.3) is 32.9 Å². The molecule has 1 aliphatic heterocycles. The number of aromatic nitrogens is 1. The summed E-state index contributed by atoms with van der Waals surface area (Å²) in [6, 6.07) is 17.2. The zero-order valence-corrected chi connectivity index (χ0v) is 18.4. The highest BCUT2D eigenvalue weighted by Crippen LogP contribution is 2.36. The van der Waals surface area contributed by atoms with E-state index in [0.717, 1.165) is 40.3 Å². The first-order valence-corrected chi connectivity index (χ1v) is 11.0. The average Bonchev–Trinajstić information content (AvgIpc) is 3.21. The maximum atomic E-state index is 13.0. The number of rotatable bonds is 4. The van der Waals surface area contributed by atoms with Crippen LogP contribution in [0, 0.1) is 0 Å². The highest BCUT2D eigenvalue weighted by Gasteiger charge is 2.23. The molecule has 7 nitrogen and oxygen atoms in total. The molecule has 5 rings (SSSR count). The van der Waals surface area contributed by atoms with E-state index in [9.17, 15) is 9.59 Å². The second-order valence-electron chi connectivity index (χ2n) is 8.53. The third-order valence-corrected chi connectivity index (χ3v) is 6.46. The Bertz CT molecular complexity index is 1380. The number of nitrogens with zero attached hydrogens (tertiary/aromatic N) is 1. The van der Waals surface area contributed by atoms with Gasteiger partial charge in [0.2, 0.25) is 0 Å². The molecule has 168 valence electrons. The highest BCUT2D eigenvalue weighted by atomic mass is 16.5. The molecule has 1 aromatic heterocycles. The number of carbonyl (C=O) groups is 2. The number of carbonyl (C=O) groups excluding carboxylic acids is 2. The fraction of sp³-hybridized carbons (Fsp3) is 0.231. The van der Waals surface area contributed by atoms with Crippen molar-refractivity contribution < 1.29 is 14.3 Å². The van der Waals surface area contributed by atoms with Crippen LogP contribution in [0.15, 0.2) is 54.6 Å². The summed E-state index contributed by atoms with van der Waals surface area (Å²) in [7, 11) is 1.62. The van der Waals surface area contributed by atoms with E-state index >= 15 is 0 Å². The molecule has 4 aromatic rings. The third-order valence-electron chi connectivity index (χ3n) is 6.46. The van der Waals surface area contributed by atoms with Crippen molar-refractivity contribution in [3.8, 4) is 16.9 Å². The van der Waals surface area contributed by atoms with Crippen LogP contribution in [0.3, 0.4) is 0 Å². The van der Waals surface area contributed by atoms with Crippen LogP contribution in [-0.4, -0.2) is 47.9 Å². The van der Waals surface area contributed by atoms with Crippen LogP contribution >= 0.6 is 0 Å². The van der Waals surface area contributed by atoms with E-state index in [4.69, 9.17) is 16.2 Å². The fourth-order valence-corrected chi connectivity index (χ4v) is 4.66. The van der Waals surface area contributed by atoms with E-state index in [0.29, 0.717) is 35.5 Å². The number of nitrogens with two attached hydrogens (primary N) is 2. The number of fused-ring (bicyclic) bond motifs is 3. The Labute approximate surface area is 191 Å². The molecule has 3 aromatic carbocycles. The molecule has 5 N–H and O–H groups in total. The van der Waals surface area contributed by atoms with Crippen LogP contribution in [0.4, 0.5) is 0 Å². The predicted molar refractivity (Wildman–Crippen MR) is 129 cm³/mol. The monoisotopic (exact) mass is 442 g/mol. The number of aromatic amines is 1. The molecule has 0 aliphatic carbocycles. The fourth-order valence-electron chi connectivity index (χ4n) is 4.66. The number of likely N-dealkylation sites (tertiary alicyclic amines) is 1.